The van der Waals surface area contributed by atoms with Gasteiger partial charge < -0.3 is 10.6 Å². The van der Waals surface area contributed by atoms with Crippen molar-refractivity contribution in [3.05, 3.63) is 29.3 Å². The molecule has 0 fully saturated rings. The van der Waals surface area contributed by atoms with Crippen molar-refractivity contribution < 1.29 is 4.79 Å². The average molecular weight is 341 g/mol. The number of halogens is 1. The van der Waals surface area contributed by atoms with E-state index >= 15 is 0 Å². The number of benzene rings is 1. The third-order valence-electron chi connectivity index (χ3n) is 2.97. The van der Waals surface area contributed by atoms with Crippen LogP contribution in [0.1, 0.15) is 24.0 Å². The van der Waals surface area contributed by atoms with Gasteiger partial charge in [0.25, 0.3) is 0 Å². The van der Waals surface area contributed by atoms with Gasteiger partial charge in [-0.1, -0.05) is 28.5 Å². The molecule has 0 unspecified atom stereocenters. The Hall–Kier alpha value is -1.50. The highest BCUT2D eigenvalue weighted by atomic mass is 35.5. The lowest BCUT2D eigenvalue weighted by Gasteiger charge is -2.01. The predicted octanol–water partition coefficient (Wildman–Crippen LogP) is 3.18. The van der Waals surface area contributed by atoms with Crippen LogP contribution in [0, 0.1) is 13.8 Å². The van der Waals surface area contributed by atoms with Crippen molar-refractivity contribution in [1.29, 1.82) is 0 Å². The Kier molecular flexibility index (Phi) is 7.44. The number of carbonyl (C=O) groups excluding carboxylic acids is 1. The molecule has 1 heterocycles. The summed E-state index contributed by atoms with van der Waals surface area (Å²) in [6.07, 6.45) is 1.30. The monoisotopic (exact) mass is 340 g/mol. The van der Waals surface area contributed by atoms with Gasteiger partial charge in [-0.2, -0.15) is 0 Å². The Morgan fingerprint density at radius 1 is 1.18 bits per heavy atom. The first-order valence-corrected chi connectivity index (χ1v) is 7.77. The van der Waals surface area contributed by atoms with Gasteiger partial charge in [-0.3, -0.25) is 4.79 Å². The van der Waals surface area contributed by atoms with Crippen LogP contribution in [0.4, 0.5) is 5.13 Å². The number of nitrogens with zero attached hydrogens (tertiary/aromatic N) is 2. The summed E-state index contributed by atoms with van der Waals surface area (Å²) in [5.74, 6) is -0.0200. The normalized spacial score (nSPS) is 10.1. The number of anilines is 1. The van der Waals surface area contributed by atoms with Crippen molar-refractivity contribution in [1.82, 2.24) is 15.5 Å². The van der Waals surface area contributed by atoms with Gasteiger partial charge in [0.05, 0.1) is 0 Å². The molecule has 0 spiro atoms. The van der Waals surface area contributed by atoms with E-state index in [9.17, 15) is 4.79 Å². The summed E-state index contributed by atoms with van der Waals surface area (Å²) in [4.78, 5) is 11.7. The molecule has 2 aromatic rings. The maximum atomic E-state index is 11.7. The summed E-state index contributed by atoms with van der Waals surface area (Å²) in [5, 5.41) is 15.4. The summed E-state index contributed by atoms with van der Waals surface area (Å²) in [6.45, 7) is 4.95. The smallest absolute Gasteiger partial charge is 0.226 e. The van der Waals surface area contributed by atoms with E-state index in [1.165, 1.54) is 22.5 Å². The van der Waals surface area contributed by atoms with Crippen molar-refractivity contribution in [2.24, 2.45) is 0 Å². The van der Waals surface area contributed by atoms with Crippen LogP contribution >= 0.6 is 23.7 Å². The molecule has 7 heteroatoms. The Morgan fingerprint density at radius 3 is 2.50 bits per heavy atom. The maximum absolute atomic E-state index is 11.7. The number of hydrogen-bond acceptors (Lipinski definition) is 5. The second-order valence-electron chi connectivity index (χ2n) is 5.04. The third kappa shape index (κ3) is 5.36. The number of nitrogens with one attached hydrogen (secondary N) is 2. The fourth-order valence-corrected chi connectivity index (χ4v) is 2.84. The molecule has 1 amide bonds. The minimum atomic E-state index is -0.0200. The quantitative estimate of drug-likeness (QED) is 0.792. The molecule has 0 saturated carbocycles. The van der Waals surface area contributed by atoms with E-state index in [1.807, 2.05) is 7.05 Å². The van der Waals surface area contributed by atoms with Gasteiger partial charge >= 0.3 is 0 Å². The number of rotatable bonds is 6. The second kappa shape index (κ2) is 8.82. The standard InChI is InChI=1S/C15H20N4OS.ClH/c1-10-7-11(2)9-12(8-10)14-18-19-15(21-14)17-13(20)5-4-6-16-3;/h7-9,16H,4-6H2,1-3H3,(H,17,19,20);1H. The summed E-state index contributed by atoms with van der Waals surface area (Å²) in [5.41, 5.74) is 3.43. The highest BCUT2D eigenvalue weighted by Gasteiger charge is 2.10. The van der Waals surface area contributed by atoms with Gasteiger partial charge in [-0.05, 0) is 46.0 Å². The van der Waals surface area contributed by atoms with E-state index in [0.29, 0.717) is 11.6 Å². The fourth-order valence-electron chi connectivity index (χ4n) is 2.10. The van der Waals surface area contributed by atoms with Crippen LogP contribution in [0.25, 0.3) is 10.6 Å². The number of aryl methyl sites for hydroxylation is 2. The van der Waals surface area contributed by atoms with Crippen molar-refractivity contribution in [2.45, 2.75) is 26.7 Å². The lowest BCUT2D eigenvalue weighted by molar-refractivity contribution is -0.116. The lowest BCUT2D eigenvalue weighted by Crippen LogP contribution is -2.15. The van der Waals surface area contributed by atoms with E-state index in [2.05, 4.69) is 52.9 Å². The summed E-state index contributed by atoms with van der Waals surface area (Å²) in [6, 6.07) is 6.27. The molecular weight excluding hydrogens is 320 g/mol. The first-order valence-electron chi connectivity index (χ1n) is 6.95. The minimum absolute atomic E-state index is 0. The van der Waals surface area contributed by atoms with Gasteiger partial charge in [-0.15, -0.1) is 22.6 Å². The summed E-state index contributed by atoms with van der Waals surface area (Å²) < 4.78 is 0. The Morgan fingerprint density at radius 2 is 1.86 bits per heavy atom. The molecule has 0 aliphatic heterocycles. The molecule has 1 aromatic heterocycles. The van der Waals surface area contributed by atoms with Gasteiger partial charge in [0, 0.05) is 12.0 Å². The van der Waals surface area contributed by atoms with Crippen molar-refractivity contribution in [3.63, 3.8) is 0 Å². The van der Waals surface area contributed by atoms with E-state index in [1.54, 1.807) is 0 Å². The molecule has 0 aliphatic carbocycles. The van der Waals surface area contributed by atoms with Crippen molar-refractivity contribution in [2.75, 3.05) is 18.9 Å². The topological polar surface area (TPSA) is 66.9 Å². The van der Waals surface area contributed by atoms with E-state index < -0.39 is 0 Å². The Labute approximate surface area is 141 Å². The first kappa shape index (κ1) is 18.5. The molecule has 2 N–H and O–H groups in total. The molecule has 22 heavy (non-hydrogen) atoms. The summed E-state index contributed by atoms with van der Waals surface area (Å²) >= 11 is 1.40. The van der Waals surface area contributed by atoms with Gasteiger partial charge in [0.2, 0.25) is 11.0 Å². The first-order chi connectivity index (χ1) is 10.1. The van der Waals surface area contributed by atoms with Crippen LogP contribution in [-0.2, 0) is 4.79 Å². The van der Waals surface area contributed by atoms with Crippen LogP contribution in [0.5, 0.6) is 0 Å². The zero-order chi connectivity index (χ0) is 15.2. The molecule has 0 radical (unpaired) electrons. The molecule has 0 bridgehead atoms. The summed E-state index contributed by atoms with van der Waals surface area (Å²) in [7, 11) is 1.87. The molecule has 5 nitrogen and oxygen atoms in total. The molecule has 2 rings (SSSR count). The highest BCUT2D eigenvalue weighted by molar-refractivity contribution is 7.18. The lowest BCUT2D eigenvalue weighted by atomic mass is 10.1. The van der Waals surface area contributed by atoms with Crippen LogP contribution in [0.3, 0.4) is 0 Å². The molecule has 0 aliphatic rings. The van der Waals surface area contributed by atoms with Gasteiger partial charge in [0.1, 0.15) is 5.01 Å². The number of hydrogen-bond donors (Lipinski definition) is 2. The predicted molar refractivity (Wildman–Crippen MR) is 93.9 cm³/mol. The molecular formula is C15H21ClN4OS. The van der Waals surface area contributed by atoms with Gasteiger partial charge in [0.15, 0.2) is 0 Å². The number of amides is 1. The zero-order valence-corrected chi connectivity index (χ0v) is 14.6. The molecule has 0 saturated heterocycles. The average Bonchev–Trinajstić information content (AvgIpc) is 2.86. The van der Waals surface area contributed by atoms with E-state index in [-0.39, 0.29) is 18.3 Å². The van der Waals surface area contributed by atoms with Crippen LogP contribution in [0.2, 0.25) is 0 Å². The van der Waals surface area contributed by atoms with Crippen LogP contribution in [-0.4, -0.2) is 29.7 Å². The zero-order valence-electron chi connectivity index (χ0n) is 13.0. The molecule has 0 atom stereocenters. The Balaban J connectivity index is 0.00000242. The minimum Gasteiger partial charge on any atom is -0.320 e. The van der Waals surface area contributed by atoms with Crippen molar-refractivity contribution in [3.8, 4) is 10.6 Å². The number of carbonyl (C=O) groups is 1. The maximum Gasteiger partial charge on any atom is 0.226 e. The van der Waals surface area contributed by atoms with Crippen LogP contribution in [0.15, 0.2) is 18.2 Å². The van der Waals surface area contributed by atoms with E-state index in [0.717, 1.165) is 23.5 Å². The molecule has 120 valence electrons. The Bertz CT molecular complexity index is 610. The third-order valence-corrected chi connectivity index (χ3v) is 3.86. The number of aromatic nitrogens is 2. The van der Waals surface area contributed by atoms with Gasteiger partial charge in [-0.25, -0.2) is 0 Å². The highest BCUT2D eigenvalue weighted by Crippen LogP contribution is 2.27. The SMILES string of the molecule is CNCCCC(=O)Nc1nnc(-c2cc(C)cc(C)c2)s1.Cl. The fraction of sp³-hybridized carbons (Fsp3) is 0.400. The van der Waals surface area contributed by atoms with E-state index in [4.69, 9.17) is 0 Å². The largest absolute Gasteiger partial charge is 0.320 e. The second-order valence-corrected chi connectivity index (χ2v) is 6.02. The van der Waals surface area contributed by atoms with Crippen LogP contribution < -0.4 is 10.6 Å². The molecule has 1 aromatic carbocycles. The van der Waals surface area contributed by atoms with Crippen molar-refractivity contribution >= 4 is 34.8 Å².